The maximum absolute atomic E-state index is 11.3. The summed E-state index contributed by atoms with van der Waals surface area (Å²) in [5.74, 6) is 0. The van der Waals surface area contributed by atoms with Gasteiger partial charge in [0.1, 0.15) is 0 Å². The third-order valence-corrected chi connectivity index (χ3v) is 2.07. The zero-order valence-corrected chi connectivity index (χ0v) is 7.42. The van der Waals surface area contributed by atoms with Crippen molar-refractivity contribution in [3.05, 3.63) is 41.9 Å². The minimum atomic E-state index is -0.822. The molecule has 0 N–H and O–H groups in total. The molecule has 0 amide bonds. The molecule has 74 valence electrons. The summed E-state index contributed by atoms with van der Waals surface area (Å²) in [6.07, 6.45) is 0. The summed E-state index contributed by atoms with van der Waals surface area (Å²) in [5.41, 5.74) is -3.29. The number of rotatable bonds is 0. The molecule has 8 heteroatoms. The van der Waals surface area contributed by atoms with Crippen molar-refractivity contribution < 1.29 is 0 Å². The average Bonchev–Trinajstić information content (AvgIpc) is 2.51. The van der Waals surface area contributed by atoms with E-state index in [9.17, 15) is 19.2 Å². The molecule has 14 heavy (non-hydrogen) atoms. The van der Waals surface area contributed by atoms with Crippen LogP contribution in [0, 0.1) is 0 Å². The van der Waals surface area contributed by atoms with Crippen molar-refractivity contribution >= 4 is 0 Å². The number of aromatic nitrogens is 4. The van der Waals surface area contributed by atoms with Gasteiger partial charge in [0.05, 0.1) is 0 Å². The van der Waals surface area contributed by atoms with Crippen LogP contribution in [0.15, 0.2) is 19.2 Å². The highest BCUT2D eigenvalue weighted by atomic mass is 16.2. The van der Waals surface area contributed by atoms with Crippen LogP contribution >= 0.6 is 0 Å². The second-order valence-corrected chi connectivity index (χ2v) is 2.87. The highest BCUT2D eigenvalue weighted by molar-refractivity contribution is 4.81. The van der Waals surface area contributed by atoms with E-state index in [-0.39, 0.29) is 0 Å². The first-order chi connectivity index (χ1) is 6.46. The van der Waals surface area contributed by atoms with Crippen LogP contribution in [0.2, 0.25) is 0 Å². The van der Waals surface area contributed by atoms with Crippen LogP contribution in [0.4, 0.5) is 0 Å². The Morgan fingerprint density at radius 2 is 0.857 bits per heavy atom. The lowest BCUT2D eigenvalue weighted by Gasteiger charge is -1.81. The van der Waals surface area contributed by atoms with Crippen molar-refractivity contribution in [3.63, 3.8) is 0 Å². The molecule has 0 aromatic carbocycles. The quantitative estimate of drug-likeness (QED) is 0.441. The van der Waals surface area contributed by atoms with Crippen molar-refractivity contribution in [3.8, 4) is 0 Å². The van der Waals surface area contributed by atoms with Crippen LogP contribution in [0.3, 0.4) is 0 Å². The Hall–Kier alpha value is -2.12. The van der Waals surface area contributed by atoms with Gasteiger partial charge in [0.2, 0.25) is 0 Å². The van der Waals surface area contributed by atoms with Crippen LogP contribution in [-0.2, 0) is 14.1 Å². The highest BCUT2D eigenvalue weighted by Crippen LogP contribution is 1.65. The first kappa shape index (κ1) is 8.48. The molecule has 8 nitrogen and oxygen atoms in total. The van der Waals surface area contributed by atoms with E-state index in [1.165, 1.54) is 14.1 Å². The normalized spacial score (nSPS) is 11.3. The van der Waals surface area contributed by atoms with Gasteiger partial charge in [-0.1, -0.05) is 0 Å². The summed E-state index contributed by atoms with van der Waals surface area (Å²) in [6.45, 7) is 0. The molecule has 2 heterocycles. The zero-order chi connectivity index (χ0) is 10.6. The van der Waals surface area contributed by atoms with Crippen LogP contribution in [-0.4, -0.2) is 18.2 Å². The second-order valence-electron chi connectivity index (χ2n) is 2.87. The van der Waals surface area contributed by atoms with E-state index in [0.29, 0.717) is 18.2 Å². The molecule has 0 aliphatic heterocycles. The second kappa shape index (κ2) is 2.22. The molecule has 0 saturated heterocycles. The van der Waals surface area contributed by atoms with Crippen LogP contribution in [0.25, 0.3) is 0 Å². The van der Waals surface area contributed by atoms with Gasteiger partial charge in [0, 0.05) is 14.1 Å². The Morgan fingerprint density at radius 3 is 1.07 bits per heavy atom. The summed E-state index contributed by atoms with van der Waals surface area (Å²) < 4.78 is 2.40. The summed E-state index contributed by atoms with van der Waals surface area (Å²) in [6, 6.07) is 0. The Kier molecular flexibility index (Phi) is 1.34. The van der Waals surface area contributed by atoms with E-state index in [1.807, 2.05) is 0 Å². The molecular formula is C6H6N4O4. The Bertz CT molecular complexity index is 608. The lowest BCUT2D eigenvalue weighted by molar-refractivity contribution is 0.756. The fourth-order valence-electron chi connectivity index (χ4n) is 1.24. The predicted octanol–water partition coefficient (Wildman–Crippen LogP) is -3.41. The molecular weight excluding hydrogens is 192 g/mol. The fourth-order valence-corrected chi connectivity index (χ4v) is 1.24. The van der Waals surface area contributed by atoms with Gasteiger partial charge in [-0.05, 0) is 0 Å². The molecule has 0 atom stereocenters. The van der Waals surface area contributed by atoms with E-state index < -0.39 is 22.8 Å². The molecule has 2 aromatic rings. The molecule has 0 unspecified atom stereocenters. The fraction of sp³-hybridized carbons (Fsp3) is 0.333. The minimum Gasteiger partial charge on any atom is -0.245 e. The highest BCUT2D eigenvalue weighted by Gasteiger charge is 2.16. The topological polar surface area (TPSA) is 87.0 Å². The van der Waals surface area contributed by atoms with E-state index >= 15 is 0 Å². The van der Waals surface area contributed by atoms with Gasteiger partial charge >= 0.3 is 22.8 Å². The lowest BCUT2D eigenvalue weighted by Crippen LogP contribution is -2.34. The smallest absolute Gasteiger partial charge is 0.245 e. The van der Waals surface area contributed by atoms with E-state index in [1.54, 1.807) is 0 Å². The molecule has 0 fully saturated rings. The van der Waals surface area contributed by atoms with Gasteiger partial charge < -0.3 is 0 Å². The third kappa shape index (κ3) is 0.679. The minimum absolute atomic E-state index is 0.505. The first-order valence-electron chi connectivity index (χ1n) is 3.70. The number of hydrogen-bond acceptors (Lipinski definition) is 4. The summed E-state index contributed by atoms with van der Waals surface area (Å²) in [7, 11) is 2.40. The van der Waals surface area contributed by atoms with E-state index in [0.717, 1.165) is 0 Å². The molecule has 0 radical (unpaired) electrons. The maximum Gasteiger partial charge on any atom is 0.356 e. The van der Waals surface area contributed by atoms with Crippen molar-refractivity contribution in [2.24, 2.45) is 14.1 Å². The Labute approximate surface area is 75.2 Å². The van der Waals surface area contributed by atoms with Gasteiger partial charge in [-0.15, -0.1) is 9.03 Å². The molecule has 2 rings (SSSR count). The van der Waals surface area contributed by atoms with Crippen LogP contribution in [0.1, 0.15) is 0 Å². The summed E-state index contributed by atoms with van der Waals surface area (Å²) in [5, 5.41) is 0. The van der Waals surface area contributed by atoms with Gasteiger partial charge in [-0.2, -0.15) is 0 Å². The first-order valence-corrected chi connectivity index (χ1v) is 3.70. The molecule has 2 aromatic heterocycles. The van der Waals surface area contributed by atoms with E-state index in [4.69, 9.17) is 0 Å². The molecule has 0 aliphatic carbocycles. The Morgan fingerprint density at radius 1 is 0.643 bits per heavy atom. The number of fused-ring (bicyclic) bond motifs is 1. The van der Waals surface area contributed by atoms with Gasteiger partial charge in [0.15, 0.2) is 0 Å². The van der Waals surface area contributed by atoms with Crippen LogP contribution in [0.5, 0.6) is 0 Å². The van der Waals surface area contributed by atoms with E-state index in [2.05, 4.69) is 0 Å². The number of nitrogens with zero attached hydrogens (tertiary/aromatic N) is 4. The molecule has 0 spiro atoms. The van der Waals surface area contributed by atoms with Gasteiger partial charge in [-0.3, -0.25) is 0 Å². The number of hydrogen-bond donors (Lipinski definition) is 0. The SMILES string of the molecule is Cn1c(=O)n2c(=O)n(C)c(=O)n2c1=O. The van der Waals surface area contributed by atoms with Crippen molar-refractivity contribution in [2.45, 2.75) is 0 Å². The standard InChI is InChI=1S/C6H6N4O4/c1-7-3(11)9-5(13)8(2)6(14)10(9)4(7)12/h1-2H3. The van der Waals surface area contributed by atoms with Crippen LogP contribution < -0.4 is 22.8 Å². The van der Waals surface area contributed by atoms with Crippen molar-refractivity contribution in [2.75, 3.05) is 0 Å². The predicted molar refractivity (Wildman–Crippen MR) is 45.1 cm³/mol. The average molecular weight is 198 g/mol. The van der Waals surface area contributed by atoms with Crippen molar-refractivity contribution in [1.82, 2.24) is 18.2 Å². The Balaban J connectivity index is 3.45. The monoisotopic (exact) mass is 198 g/mol. The largest absolute Gasteiger partial charge is 0.356 e. The third-order valence-electron chi connectivity index (χ3n) is 2.07. The summed E-state index contributed by atoms with van der Waals surface area (Å²) in [4.78, 5) is 45.2. The van der Waals surface area contributed by atoms with Gasteiger partial charge in [0.25, 0.3) is 0 Å². The maximum atomic E-state index is 11.3. The molecule has 0 aliphatic rings. The van der Waals surface area contributed by atoms with Gasteiger partial charge in [-0.25, -0.2) is 28.3 Å². The van der Waals surface area contributed by atoms with Crippen molar-refractivity contribution in [1.29, 1.82) is 0 Å². The molecule has 0 saturated carbocycles. The zero-order valence-electron chi connectivity index (χ0n) is 7.42. The lowest BCUT2D eigenvalue weighted by atomic mass is 10.9. The molecule has 0 bridgehead atoms. The summed E-state index contributed by atoms with van der Waals surface area (Å²) >= 11 is 0.